The van der Waals surface area contributed by atoms with Crippen LogP contribution in [0.1, 0.15) is 19.3 Å². The number of aromatic nitrogens is 2. The molecule has 4 nitrogen and oxygen atoms in total. The number of hydrogen-bond donors (Lipinski definition) is 0. The molecule has 0 bridgehead atoms. The van der Waals surface area contributed by atoms with Gasteiger partial charge in [0.2, 0.25) is 5.95 Å². The highest BCUT2D eigenvalue weighted by atomic mass is 79.9. The highest BCUT2D eigenvalue weighted by Gasteiger charge is 2.25. The molecule has 1 aliphatic carbocycles. The van der Waals surface area contributed by atoms with Gasteiger partial charge in [0.25, 0.3) is 0 Å². The normalized spacial score (nSPS) is 15.5. The van der Waals surface area contributed by atoms with E-state index in [0.717, 1.165) is 23.6 Å². The minimum absolute atomic E-state index is 0.664. The standard InChI is InChI=1S/C12H19BrN4/c1-16(2)12-14-8-6-11(15-12)17(9-7-13)10-4-3-5-10/h6,8,10H,3-5,7,9H2,1-2H3. The van der Waals surface area contributed by atoms with Crippen molar-refractivity contribution in [2.45, 2.75) is 25.3 Å². The molecular weight excluding hydrogens is 280 g/mol. The summed E-state index contributed by atoms with van der Waals surface area (Å²) in [6.45, 7) is 1.01. The minimum Gasteiger partial charge on any atom is -0.353 e. The van der Waals surface area contributed by atoms with Crippen LogP contribution in [-0.2, 0) is 0 Å². The maximum absolute atomic E-state index is 4.61. The van der Waals surface area contributed by atoms with Gasteiger partial charge in [0.05, 0.1) is 0 Å². The van der Waals surface area contributed by atoms with Crippen molar-refractivity contribution in [3.8, 4) is 0 Å². The van der Waals surface area contributed by atoms with E-state index in [1.54, 1.807) is 0 Å². The van der Waals surface area contributed by atoms with E-state index in [1.807, 2.05) is 31.3 Å². The molecule has 94 valence electrons. The summed E-state index contributed by atoms with van der Waals surface area (Å²) >= 11 is 3.52. The summed E-state index contributed by atoms with van der Waals surface area (Å²) in [5.41, 5.74) is 0. The third kappa shape index (κ3) is 2.89. The van der Waals surface area contributed by atoms with Crippen molar-refractivity contribution >= 4 is 27.7 Å². The predicted molar refractivity (Wildman–Crippen MR) is 75.1 cm³/mol. The average molecular weight is 299 g/mol. The zero-order valence-corrected chi connectivity index (χ0v) is 12.0. The number of hydrogen-bond acceptors (Lipinski definition) is 4. The van der Waals surface area contributed by atoms with E-state index in [-0.39, 0.29) is 0 Å². The van der Waals surface area contributed by atoms with Crippen molar-refractivity contribution in [3.05, 3.63) is 12.3 Å². The number of nitrogens with zero attached hydrogens (tertiary/aromatic N) is 4. The summed E-state index contributed by atoms with van der Waals surface area (Å²) in [5, 5.41) is 0.977. The van der Waals surface area contributed by atoms with E-state index in [0.29, 0.717) is 6.04 Å². The molecule has 0 amide bonds. The maximum atomic E-state index is 4.61. The SMILES string of the molecule is CN(C)c1nccc(N(CCBr)C2CCC2)n1. The third-order valence-corrected chi connectivity index (χ3v) is 3.52. The molecular formula is C12H19BrN4. The molecule has 0 unspecified atom stereocenters. The van der Waals surface area contributed by atoms with Gasteiger partial charge in [-0.05, 0) is 25.3 Å². The first-order chi connectivity index (χ1) is 8.22. The molecule has 0 radical (unpaired) electrons. The van der Waals surface area contributed by atoms with Crippen molar-refractivity contribution in [1.29, 1.82) is 0 Å². The van der Waals surface area contributed by atoms with Gasteiger partial charge in [-0.1, -0.05) is 15.9 Å². The Morgan fingerprint density at radius 3 is 2.71 bits per heavy atom. The van der Waals surface area contributed by atoms with Crippen LogP contribution in [0.4, 0.5) is 11.8 Å². The smallest absolute Gasteiger partial charge is 0.226 e. The molecule has 1 aromatic rings. The third-order valence-electron chi connectivity index (χ3n) is 3.16. The summed E-state index contributed by atoms with van der Waals surface area (Å²) in [4.78, 5) is 13.2. The number of anilines is 2. The fraction of sp³-hybridized carbons (Fsp3) is 0.667. The molecule has 5 heteroatoms. The van der Waals surface area contributed by atoms with Crippen LogP contribution in [0.3, 0.4) is 0 Å². The molecule has 0 N–H and O–H groups in total. The van der Waals surface area contributed by atoms with Crippen molar-refractivity contribution in [2.24, 2.45) is 0 Å². The van der Waals surface area contributed by atoms with Crippen LogP contribution < -0.4 is 9.80 Å². The monoisotopic (exact) mass is 298 g/mol. The molecule has 0 spiro atoms. The molecule has 2 rings (SSSR count). The summed E-state index contributed by atoms with van der Waals surface area (Å²) in [6, 6.07) is 2.67. The van der Waals surface area contributed by atoms with E-state index in [1.165, 1.54) is 19.3 Å². The molecule has 1 saturated carbocycles. The van der Waals surface area contributed by atoms with Gasteiger partial charge in [-0.15, -0.1) is 0 Å². The maximum Gasteiger partial charge on any atom is 0.226 e. The molecule has 1 fully saturated rings. The van der Waals surface area contributed by atoms with E-state index in [9.17, 15) is 0 Å². The Balaban J connectivity index is 2.19. The average Bonchev–Trinajstić information content (AvgIpc) is 2.26. The van der Waals surface area contributed by atoms with Crippen LogP contribution in [0, 0.1) is 0 Å². The number of rotatable bonds is 5. The zero-order chi connectivity index (χ0) is 12.3. The van der Waals surface area contributed by atoms with Gasteiger partial charge in [-0.3, -0.25) is 0 Å². The number of alkyl halides is 1. The van der Waals surface area contributed by atoms with Crippen molar-refractivity contribution in [3.63, 3.8) is 0 Å². The summed E-state index contributed by atoms with van der Waals surface area (Å²) in [6.07, 6.45) is 5.76. The van der Waals surface area contributed by atoms with Crippen LogP contribution in [0.25, 0.3) is 0 Å². The van der Waals surface area contributed by atoms with Gasteiger partial charge in [-0.2, -0.15) is 4.98 Å². The second kappa shape index (κ2) is 5.67. The first kappa shape index (κ1) is 12.6. The molecule has 1 aliphatic rings. The fourth-order valence-corrected chi connectivity index (χ4v) is 2.37. The van der Waals surface area contributed by atoms with Gasteiger partial charge in [0.15, 0.2) is 0 Å². The van der Waals surface area contributed by atoms with E-state index in [4.69, 9.17) is 0 Å². The van der Waals surface area contributed by atoms with Gasteiger partial charge in [0.1, 0.15) is 5.82 Å². The summed E-state index contributed by atoms with van der Waals surface area (Å²) in [5.74, 6) is 1.83. The lowest BCUT2D eigenvalue weighted by molar-refractivity contribution is 0.389. The van der Waals surface area contributed by atoms with Gasteiger partial charge in [-0.25, -0.2) is 4.98 Å². The minimum atomic E-state index is 0.664. The van der Waals surface area contributed by atoms with Crippen LogP contribution in [0.15, 0.2) is 12.3 Å². The highest BCUT2D eigenvalue weighted by Crippen LogP contribution is 2.28. The molecule has 0 aromatic carbocycles. The second-order valence-corrected chi connectivity index (χ2v) is 5.37. The fourth-order valence-electron chi connectivity index (χ4n) is 1.99. The van der Waals surface area contributed by atoms with E-state index < -0.39 is 0 Å². The summed E-state index contributed by atoms with van der Waals surface area (Å²) < 4.78 is 0. The largest absolute Gasteiger partial charge is 0.353 e. The predicted octanol–water partition coefficient (Wildman–Crippen LogP) is 2.30. The van der Waals surface area contributed by atoms with Gasteiger partial charge < -0.3 is 9.80 Å². The van der Waals surface area contributed by atoms with E-state index in [2.05, 4.69) is 30.8 Å². The Labute approximate surface area is 111 Å². The van der Waals surface area contributed by atoms with E-state index >= 15 is 0 Å². The molecule has 1 aromatic heterocycles. The number of halogens is 1. The van der Waals surface area contributed by atoms with Crippen LogP contribution in [0.5, 0.6) is 0 Å². The Hall–Kier alpha value is -0.840. The van der Waals surface area contributed by atoms with Crippen LogP contribution >= 0.6 is 15.9 Å². The van der Waals surface area contributed by atoms with Crippen molar-refractivity contribution < 1.29 is 0 Å². The van der Waals surface area contributed by atoms with Crippen LogP contribution in [0.2, 0.25) is 0 Å². The molecule has 1 heterocycles. The molecule has 17 heavy (non-hydrogen) atoms. The first-order valence-corrected chi connectivity index (χ1v) is 7.17. The second-order valence-electron chi connectivity index (χ2n) is 4.58. The Morgan fingerprint density at radius 1 is 1.41 bits per heavy atom. The van der Waals surface area contributed by atoms with Gasteiger partial charge >= 0.3 is 0 Å². The molecule has 0 atom stereocenters. The topological polar surface area (TPSA) is 32.3 Å². The molecule has 0 saturated heterocycles. The van der Waals surface area contributed by atoms with Crippen molar-refractivity contribution in [1.82, 2.24) is 9.97 Å². The lowest BCUT2D eigenvalue weighted by atomic mass is 9.91. The first-order valence-electron chi connectivity index (χ1n) is 6.05. The van der Waals surface area contributed by atoms with Gasteiger partial charge in [0, 0.05) is 38.2 Å². The summed E-state index contributed by atoms with van der Waals surface area (Å²) in [7, 11) is 3.94. The lowest BCUT2D eigenvalue weighted by Gasteiger charge is -2.38. The lowest BCUT2D eigenvalue weighted by Crippen LogP contribution is -2.42. The molecule has 0 aliphatic heterocycles. The van der Waals surface area contributed by atoms with Crippen molar-refractivity contribution in [2.75, 3.05) is 35.8 Å². The quantitative estimate of drug-likeness (QED) is 0.781. The zero-order valence-electron chi connectivity index (χ0n) is 10.4. The van der Waals surface area contributed by atoms with Crippen LogP contribution in [-0.4, -0.2) is 42.0 Å². The Morgan fingerprint density at radius 2 is 2.18 bits per heavy atom. The Bertz CT molecular complexity index is 365. The highest BCUT2D eigenvalue weighted by molar-refractivity contribution is 9.09. The Kier molecular flexibility index (Phi) is 4.20.